The molecule has 10 heteroatoms. The molecule has 2 N–H and O–H groups in total. The molecule has 0 unspecified atom stereocenters. The Bertz CT molecular complexity index is 1210. The second-order valence-corrected chi connectivity index (χ2v) is 8.02. The Kier molecular flexibility index (Phi) is 4.94. The third kappa shape index (κ3) is 3.53. The molecule has 0 amide bonds. The summed E-state index contributed by atoms with van der Waals surface area (Å²) in [6.07, 6.45) is 3.55. The molecule has 1 aromatic carbocycles. The molecule has 142 valence electrons. The van der Waals surface area contributed by atoms with E-state index in [9.17, 15) is 17.6 Å². The molecule has 3 aromatic rings. The summed E-state index contributed by atoms with van der Waals surface area (Å²) >= 11 is 0. The van der Waals surface area contributed by atoms with E-state index in [0.717, 1.165) is 6.26 Å². The normalized spacial score (nSPS) is 12.7. The highest BCUT2D eigenvalue weighted by atomic mass is 32.2. The van der Waals surface area contributed by atoms with Gasteiger partial charge in [-0.2, -0.15) is 0 Å². The summed E-state index contributed by atoms with van der Waals surface area (Å²) in [7, 11) is -1.88. The van der Waals surface area contributed by atoms with Gasteiger partial charge in [0.05, 0.1) is 17.1 Å². The fourth-order valence-corrected chi connectivity index (χ4v) is 3.48. The van der Waals surface area contributed by atoms with Crippen molar-refractivity contribution in [3.63, 3.8) is 0 Å². The van der Waals surface area contributed by atoms with Crippen LogP contribution >= 0.6 is 0 Å². The number of aryl methyl sites for hydroxylation is 1. The lowest BCUT2D eigenvalue weighted by Crippen LogP contribution is -2.22. The number of hydrogen-bond donors (Lipinski definition) is 1. The lowest BCUT2D eigenvalue weighted by Gasteiger charge is -2.06. The zero-order valence-corrected chi connectivity index (χ0v) is 15.6. The van der Waals surface area contributed by atoms with Gasteiger partial charge in [0.1, 0.15) is 17.7 Å². The van der Waals surface area contributed by atoms with E-state index in [4.69, 9.17) is 5.73 Å². The van der Waals surface area contributed by atoms with E-state index in [1.807, 2.05) is 0 Å². The zero-order chi connectivity index (χ0) is 19.8. The fourth-order valence-electron chi connectivity index (χ4n) is 2.81. The highest BCUT2D eigenvalue weighted by Crippen LogP contribution is 2.26. The maximum absolute atomic E-state index is 13.9. The summed E-state index contributed by atoms with van der Waals surface area (Å²) in [5.74, 6) is -0.550. The average molecular weight is 391 g/mol. The summed E-state index contributed by atoms with van der Waals surface area (Å²) in [5, 5.41) is 0. The molecule has 0 spiro atoms. The minimum Gasteiger partial charge on any atom is -0.327 e. The minimum absolute atomic E-state index is 0.0177. The molecule has 0 aliphatic carbocycles. The number of sulfone groups is 1. The predicted octanol–water partition coefficient (Wildman–Crippen LogP) is 1.01. The molecule has 0 saturated heterocycles. The second-order valence-electron chi connectivity index (χ2n) is 6.01. The molecule has 0 radical (unpaired) electrons. The second kappa shape index (κ2) is 7.05. The summed E-state index contributed by atoms with van der Waals surface area (Å²) in [6.45, 7) is -0.281. The molecular formula is C17H18FN5O3S. The molecule has 0 fully saturated rings. The number of allylic oxidation sites excluding steroid dienone is 1. The average Bonchev–Trinajstić information content (AvgIpc) is 2.86. The van der Waals surface area contributed by atoms with Gasteiger partial charge in [-0.15, -0.1) is 0 Å². The third-order valence-corrected chi connectivity index (χ3v) is 5.21. The van der Waals surface area contributed by atoms with E-state index >= 15 is 0 Å². The number of fused-ring (bicyclic) bond motifs is 1. The summed E-state index contributed by atoms with van der Waals surface area (Å²) in [5.41, 5.74) is 6.36. The van der Waals surface area contributed by atoms with Crippen LogP contribution in [0.25, 0.3) is 22.4 Å². The maximum atomic E-state index is 13.9. The largest absolute Gasteiger partial charge is 0.330 e. The molecule has 0 saturated carbocycles. The number of imidazole rings is 1. The SMILES string of the molecule is Cn1c(=O)n(C/C(F)=C/CN)c2ncnc(-c3cccc(S(C)(=O)=O)c3)c21. The Morgan fingerprint density at radius 3 is 2.74 bits per heavy atom. The molecule has 2 heterocycles. The third-order valence-electron chi connectivity index (χ3n) is 4.10. The lowest BCUT2D eigenvalue weighted by molar-refractivity contribution is 0.546. The topological polar surface area (TPSA) is 113 Å². The van der Waals surface area contributed by atoms with Gasteiger partial charge >= 0.3 is 5.69 Å². The van der Waals surface area contributed by atoms with Crippen LogP contribution in [0.2, 0.25) is 0 Å². The fraction of sp³-hybridized carbons (Fsp3) is 0.235. The molecule has 0 bridgehead atoms. The summed E-state index contributed by atoms with van der Waals surface area (Å²) in [6, 6.07) is 6.24. The number of aromatic nitrogens is 4. The molecule has 27 heavy (non-hydrogen) atoms. The smallest absolute Gasteiger partial charge is 0.327 e. The van der Waals surface area contributed by atoms with Crippen LogP contribution in [-0.2, 0) is 23.4 Å². The van der Waals surface area contributed by atoms with Gasteiger partial charge in [0.2, 0.25) is 0 Å². The Balaban J connectivity index is 2.26. The first-order valence-corrected chi connectivity index (χ1v) is 9.88. The minimum atomic E-state index is -3.41. The van der Waals surface area contributed by atoms with E-state index in [-0.39, 0.29) is 23.6 Å². The Morgan fingerprint density at radius 2 is 2.07 bits per heavy atom. The van der Waals surface area contributed by atoms with Crippen LogP contribution in [0.15, 0.2) is 52.2 Å². The summed E-state index contributed by atoms with van der Waals surface area (Å²) in [4.78, 5) is 21.1. The van der Waals surface area contributed by atoms with Crippen molar-refractivity contribution in [2.75, 3.05) is 12.8 Å². The van der Waals surface area contributed by atoms with Crippen LogP contribution in [-0.4, -0.2) is 40.3 Å². The van der Waals surface area contributed by atoms with Crippen LogP contribution in [0.3, 0.4) is 0 Å². The van der Waals surface area contributed by atoms with Gasteiger partial charge in [-0.05, 0) is 18.2 Å². The van der Waals surface area contributed by atoms with Crippen molar-refractivity contribution in [1.29, 1.82) is 0 Å². The first-order valence-electron chi connectivity index (χ1n) is 7.99. The van der Waals surface area contributed by atoms with Gasteiger partial charge < -0.3 is 5.73 Å². The molecule has 2 aromatic heterocycles. The van der Waals surface area contributed by atoms with Crippen molar-refractivity contribution >= 4 is 21.0 Å². The van der Waals surface area contributed by atoms with Crippen molar-refractivity contribution in [3.05, 3.63) is 53.0 Å². The number of nitrogens with zero attached hydrogens (tertiary/aromatic N) is 4. The van der Waals surface area contributed by atoms with Gasteiger partial charge in [0.15, 0.2) is 15.5 Å². The molecule has 8 nitrogen and oxygen atoms in total. The van der Waals surface area contributed by atoms with Crippen LogP contribution < -0.4 is 11.4 Å². The van der Waals surface area contributed by atoms with E-state index in [1.165, 1.54) is 40.7 Å². The van der Waals surface area contributed by atoms with Gasteiger partial charge in [-0.25, -0.2) is 27.6 Å². The highest BCUT2D eigenvalue weighted by molar-refractivity contribution is 7.90. The van der Waals surface area contributed by atoms with Crippen LogP contribution in [0.5, 0.6) is 0 Å². The van der Waals surface area contributed by atoms with Crippen molar-refractivity contribution in [1.82, 2.24) is 19.1 Å². The van der Waals surface area contributed by atoms with Crippen molar-refractivity contribution < 1.29 is 12.8 Å². The van der Waals surface area contributed by atoms with Crippen molar-refractivity contribution in [2.24, 2.45) is 12.8 Å². The standard InChI is InChI=1S/C17H18FN5O3S/c1-22-15-14(11-4-3-5-13(8-11)27(2,25)26)20-10-21-16(15)23(17(22)24)9-12(18)6-7-19/h3-6,8,10H,7,9,19H2,1-2H3/b12-6-. The van der Waals surface area contributed by atoms with Crippen LogP contribution in [0.4, 0.5) is 4.39 Å². The summed E-state index contributed by atoms with van der Waals surface area (Å²) < 4.78 is 40.1. The van der Waals surface area contributed by atoms with Gasteiger partial charge in [-0.3, -0.25) is 9.13 Å². The number of benzene rings is 1. The van der Waals surface area contributed by atoms with E-state index < -0.39 is 21.4 Å². The van der Waals surface area contributed by atoms with E-state index in [0.29, 0.717) is 16.8 Å². The van der Waals surface area contributed by atoms with Gasteiger partial charge in [-0.1, -0.05) is 12.1 Å². The van der Waals surface area contributed by atoms with Crippen molar-refractivity contribution in [3.8, 4) is 11.3 Å². The molecule has 0 aliphatic rings. The molecule has 3 rings (SSSR count). The van der Waals surface area contributed by atoms with Gasteiger partial charge in [0.25, 0.3) is 0 Å². The van der Waals surface area contributed by atoms with Crippen LogP contribution in [0.1, 0.15) is 0 Å². The molecular weight excluding hydrogens is 373 g/mol. The number of rotatable bonds is 5. The van der Waals surface area contributed by atoms with Gasteiger partial charge in [0, 0.05) is 25.4 Å². The Labute approximate surface area is 154 Å². The highest BCUT2D eigenvalue weighted by Gasteiger charge is 2.19. The molecule has 0 atom stereocenters. The lowest BCUT2D eigenvalue weighted by atomic mass is 10.1. The number of halogens is 1. The Morgan fingerprint density at radius 1 is 1.33 bits per heavy atom. The van der Waals surface area contributed by atoms with Crippen molar-refractivity contribution in [2.45, 2.75) is 11.4 Å². The molecule has 0 aliphatic heterocycles. The van der Waals surface area contributed by atoms with E-state index in [2.05, 4.69) is 9.97 Å². The van der Waals surface area contributed by atoms with E-state index in [1.54, 1.807) is 12.1 Å². The maximum Gasteiger partial charge on any atom is 0.330 e. The quantitative estimate of drug-likeness (QED) is 0.695. The first kappa shape index (κ1) is 18.9. The van der Waals surface area contributed by atoms with Crippen LogP contribution in [0, 0.1) is 0 Å². The Hall–Kier alpha value is -2.85. The predicted molar refractivity (Wildman–Crippen MR) is 99.6 cm³/mol. The first-order chi connectivity index (χ1) is 12.7. The number of hydrogen-bond acceptors (Lipinski definition) is 6. The monoisotopic (exact) mass is 391 g/mol. The number of nitrogens with two attached hydrogens (primary N) is 1. The zero-order valence-electron chi connectivity index (χ0n) is 14.8.